The summed E-state index contributed by atoms with van der Waals surface area (Å²) >= 11 is 0. The van der Waals surface area contributed by atoms with Crippen LogP contribution in [0.25, 0.3) is 0 Å². The van der Waals surface area contributed by atoms with E-state index in [0.29, 0.717) is 11.3 Å². The van der Waals surface area contributed by atoms with Crippen LogP contribution in [0.15, 0.2) is 36.4 Å². The molecular formula is C17H20N2O. The highest BCUT2D eigenvalue weighted by atomic mass is 16.2. The number of carbonyl (C=O) groups is 1. The number of nitrogens with two attached hydrogens (primary N) is 1. The predicted molar refractivity (Wildman–Crippen MR) is 84.2 cm³/mol. The number of carbonyl (C=O) groups excluding carboxylic acids is 1. The quantitative estimate of drug-likeness (QED) is 0.848. The molecule has 0 heterocycles. The van der Waals surface area contributed by atoms with Gasteiger partial charge in [0, 0.05) is 18.4 Å². The van der Waals surface area contributed by atoms with Gasteiger partial charge in [0.15, 0.2) is 0 Å². The first kappa shape index (κ1) is 14.1. The molecule has 104 valence electrons. The number of amides is 1. The number of nitrogen functional groups attached to an aromatic ring is 1. The fourth-order valence-corrected chi connectivity index (χ4v) is 2.32. The average molecular weight is 268 g/mol. The van der Waals surface area contributed by atoms with Crippen LogP contribution in [-0.2, 0) is 0 Å². The van der Waals surface area contributed by atoms with E-state index in [1.54, 1.807) is 18.0 Å². The van der Waals surface area contributed by atoms with Crippen molar-refractivity contribution in [3.8, 4) is 0 Å². The van der Waals surface area contributed by atoms with E-state index in [-0.39, 0.29) is 5.91 Å². The molecule has 2 aromatic carbocycles. The van der Waals surface area contributed by atoms with Crippen LogP contribution in [0.3, 0.4) is 0 Å². The van der Waals surface area contributed by atoms with E-state index in [4.69, 9.17) is 5.73 Å². The van der Waals surface area contributed by atoms with Crippen LogP contribution in [-0.4, -0.2) is 13.0 Å². The molecule has 3 heteroatoms. The molecule has 2 rings (SSSR count). The minimum atomic E-state index is -0.0903. The van der Waals surface area contributed by atoms with Crippen molar-refractivity contribution in [2.24, 2.45) is 0 Å². The molecule has 2 aromatic rings. The van der Waals surface area contributed by atoms with Gasteiger partial charge in [-0.15, -0.1) is 0 Å². The van der Waals surface area contributed by atoms with Crippen LogP contribution in [0, 0.1) is 20.8 Å². The number of nitrogens with zero attached hydrogens (tertiary/aromatic N) is 1. The standard InChI is InChI=1S/C17H20N2O/c1-11-5-6-15(16(18)10-11)17(20)19(4)14-8-12(2)7-13(3)9-14/h5-10H,18H2,1-4H3. The summed E-state index contributed by atoms with van der Waals surface area (Å²) in [5, 5.41) is 0. The Bertz CT molecular complexity index is 642. The number of anilines is 2. The monoisotopic (exact) mass is 268 g/mol. The Labute approximate surface area is 120 Å². The molecule has 2 N–H and O–H groups in total. The largest absolute Gasteiger partial charge is 0.398 e. The third-order valence-electron chi connectivity index (χ3n) is 3.34. The van der Waals surface area contributed by atoms with Gasteiger partial charge in [-0.25, -0.2) is 0 Å². The molecule has 0 radical (unpaired) electrons. The van der Waals surface area contributed by atoms with Gasteiger partial charge in [0.05, 0.1) is 5.56 Å². The number of hydrogen-bond acceptors (Lipinski definition) is 2. The molecule has 0 bridgehead atoms. The van der Waals surface area contributed by atoms with Crippen molar-refractivity contribution in [3.63, 3.8) is 0 Å². The van der Waals surface area contributed by atoms with Gasteiger partial charge < -0.3 is 10.6 Å². The molecule has 0 atom stereocenters. The van der Waals surface area contributed by atoms with Crippen LogP contribution in [0.5, 0.6) is 0 Å². The van der Waals surface area contributed by atoms with Crippen molar-refractivity contribution in [3.05, 3.63) is 58.7 Å². The Morgan fingerprint density at radius 2 is 1.55 bits per heavy atom. The first-order valence-electron chi connectivity index (χ1n) is 6.61. The summed E-state index contributed by atoms with van der Waals surface area (Å²) in [4.78, 5) is 14.2. The third kappa shape index (κ3) is 2.82. The van der Waals surface area contributed by atoms with Crippen molar-refractivity contribution in [1.29, 1.82) is 0 Å². The molecule has 0 spiro atoms. The minimum absolute atomic E-state index is 0.0903. The minimum Gasteiger partial charge on any atom is -0.398 e. The SMILES string of the molecule is Cc1cc(C)cc(N(C)C(=O)c2ccc(C)cc2N)c1. The van der Waals surface area contributed by atoms with Gasteiger partial charge in [-0.2, -0.15) is 0 Å². The fraction of sp³-hybridized carbons (Fsp3) is 0.235. The average Bonchev–Trinajstić information content (AvgIpc) is 2.36. The lowest BCUT2D eigenvalue weighted by Crippen LogP contribution is -2.27. The second-order valence-corrected chi connectivity index (χ2v) is 5.30. The molecule has 3 nitrogen and oxygen atoms in total. The molecule has 0 saturated carbocycles. The molecule has 0 aliphatic carbocycles. The summed E-state index contributed by atoms with van der Waals surface area (Å²) in [6.07, 6.45) is 0. The van der Waals surface area contributed by atoms with Gasteiger partial charge >= 0.3 is 0 Å². The van der Waals surface area contributed by atoms with Crippen LogP contribution >= 0.6 is 0 Å². The van der Waals surface area contributed by atoms with Crippen molar-refractivity contribution >= 4 is 17.3 Å². The molecule has 0 saturated heterocycles. The topological polar surface area (TPSA) is 46.3 Å². The zero-order chi connectivity index (χ0) is 14.9. The highest BCUT2D eigenvalue weighted by molar-refractivity contribution is 6.09. The Kier molecular flexibility index (Phi) is 3.79. The summed E-state index contributed by atoms with van der Waals surface area (Å²) in [5.74, 6) is -0.0903. The number of rotatable bonds is 2. The van der Waals surface area contributed by atoms with E-state index in [0.717, 1.165) is 22.4 Å². The lowest BCUT2D eigenvalue weighted by Gasteiger charge is -2.19. The van der Waals surface area contributed by atoms with E-state index in [9.17, 15) is 4.79 Å². The van der Waals surface area contributed by atoms with E-state index in [2.05, 4.69) is 6.07 Å². The number of hydrogen-bond donors (Lipinski definition) is 1. The summed E-state index contributed by atoms with van der Waals surface area (Å²) in [5.41, 5.74) is 11.2. The fourth-order valence-electron chi connectivity index (χ4n) is 2.32. The molecule has 0 aliphatic heterocycles. The van der Waals surface area contributed by atoms with Gasteiger partial charge in [-0.1, -0.05) is 12.1 Å². The van der Waals surface area contributed by atoms with Gasteiger partial charge in [-0.05, 0) is 61.7 Å². The maximum Gasteiger partial charge on any atom is 0.260 e. The summed E-state index contributed by atoms with van der Waals surface area (Å²) in [7, 11) is 1.77. The van der Waals surface area contributed by atoms with E-state index < -0.39 is 0 Å². The Balaban J connectivity index is 2.37. The highest BCUT2D eigenvalue weighted by Gasteiger charge is 2.16. The predicted octanol–water partition coefficient (Wildman–Crippen LogP) is 3.47. The maximum absolute atomic E-state index is 12.5. The third-order valence-corrected chi connectivity index (χ3v) is 3.34. The summed E-state index contributed by atoms with van der Waals surface area (Å²) in [6.45, 7) is 6.00. The van der Waals surface area contributed by atoms with E-state index in [1.165, 1.54) is 0 Å². The first-order valence-corrected chi connectivity index (χ1v) is 6.61. The zero-order valence-corrected chi connectivity index (χ0v) is 12.4. The molecule has 0 aromatic heterocycles. The van der Waals surface area contributed by atoms with Crippen LogP contribution < -0.4 is 10.6 Å². The molecule has 0 aliphatic rings. The molecule has 20 heavy (non-hydrogen) atoms. The Hall–Kier alpha value is -2.29. The van der Waals surface area contributed by atoms with Crippen LogP contribution in [0.1, 0.15) is 27.0 Å². The van der Waals surface area contributed by atoms with Gasteiger partial charge in [0.25, 0.3) is 5.91 Å². The second-order valence-electron chi connectivity index (χ2n) is 5.30. The van der Waals surface area contributed by atoms with Gasteiger partial charge in [-0.3, -0.25) is 4.79 Å². The molecule has 0 fully saturated rings. The maximum atomic E-state index is 12.5. The first-order chi connectivity index (χ1) is 9.38. The van der Waals surface area contributed by atoms with E-state index >= 15 is 0 Å². The lowest BCUT2D eigenvalue weighted by atomic mass is 10.1. The number of aryl methyl sites for hydroxylation is 3. The Morgan fingerprint density at radius 1 is 0.950 bits per heavy atom. The summed E-state index contributed by atoms with van der Waals surface area (Å²) < 4.78 is 0. The lowest BCUT2D eigenvalue weighted by molar-refractivity contribution is 0.0994. The summed E-state index contributed by atoms with van der Waals surface area (Å²) in [6, 6.07) is 11.6. The molecular weight excluding hydrogens is 248 g/mol. The van der Waals surface area contributed by atoms with Crippen LogP contribution in [0.2, 0.25) is 0 Å². The zero-order valence-electron chi connectivity index (χ0n) is 12.4. The van der Waals surface area contributed by atoms with Crippen molar-refractivity contribution < 1.29 is 4.79 Å². The Morgan fingerprint density at radius 3 is 2.10 bits per heavy atom. The van der Waals surface area contributed by atoms with Crippen LogP contribution in [0.4, 0.5) is 11.4 Å². The van der Waals surface area contributed by atoms with Crippen molar-refractivity contribution in [2.45, 2.75) is 20.8 Å². The van der Waals surface area contributed by atoms with Gasteiger partial charge in [0.2, 0.25) is 0 Å². The van der Waals surface area contributed by atoms with Crippen molar-refractivity contribution in [2.75, 3.05) is 17.7 Å². The number of benzene rings is 2. The normalized spacial score (nSPS) is 10.4. The van der Waals surface area contributed by atoms with E-state index in [1.807, 2.05) is 45.0 Å². The smallest absolute Gasteiger partial charge is 0.260 e. The molecule has 1 amide bonds. The van der Waals surface area contributed by atoms with Crippen molar-refractivity contribution in [1.82, 2.24) is 0 Å². The molecule has 0 unspecified atom stereocenters. The highest BCUT2D eigenvalue weighted by Crippen LogP contribution is 2.22. The second kappa shape index (κ2) is 5.37. The van der Waals surface area contributed by atoms with Gasteiger partial charge in [0.1, 0.15) is 0 Å².